The van der Waals surface area contributed by atoms with Crippen LogP contribution >= 0.6 is 12.6 Å². The van der Waals surface area contributed by atoms with E-state index in [0.717, 1.165) is 17.9 Å². The number of hydrogen-bond donors (Lipinski definition) is 2. The molecule has 2 heteroatoms. The number of quaternary nitrogens is 1. The molecule has 0 saturated carbocycles. The van der Waals surface area contributed by atoms with Crippen LogP contribution in [0.15, 0.2) is 23.1 Å². The Morgan fingerprint density at radius 2 is 2.08 bits per heavy atom. The van der Waals surface area contributed by atoms with Crippen LogP contribution in [0.5, 0.6) is 0 Å². The highest BCUT2D eigenvalue weighted by Gasteiger charge is 2.02. The molecule has 0 atom stereocenters. The monoisotopic (exact) mass is 196 g/mol. The largest absolute Gasteiger partial charge is 0.313 e. The van der Waals surface area contributed by atoms with E-state index in [-0.39, 0.29) is 0 Å². The Morgan fingerprint density at radius 1 is 1.31 bits per heavy atom. The maximum atomic E-state index is 4.46. The third-order valence-corrected chi connectivity index (χ3v) is 2.54. The fraction of sp³-hybridized carbons (Fsp3) is 0.455. The summed E-state index contributed by atoms with van der Waals surface area (Å²) in [7, 11) is 0. The normalized spacial score (nSPS) is 10.4. The van der Waals surface area contributed by atoms with Gasteiger partial charge in [0.1, 0.15) is 5.69 Å². The van der Waals surface area contributed by atoms with Crippen molar-refractivity contribution < 1.29 is 5.32 Å². The van der Waals surface area contributed by atoms with E-state index in [1.807, 2.05) is 0 Å². The summed E-state index contributed by atoms with van der Waals surface area (Å²) in [5.41, 5.74) is 2.63. The molecule has 0 saturated heterocycles. The second-order valence-electron chi connectivity index (χ2n) is 3.24. The van der Waals surface area contributed by atoms with Crippen LogP contribution in [0.25, 0.3) is 0 Å². The minimum absolute atomic E-state index is 1.08. The fourth-order valence-corrected chi connectivity index (χ4v) is 1.61. The van der Waals surface area contributed by atoms with E-state index < -0.39 is 0 Å². The molecular formula is C11H18NS+. The highest BCUT2D eigenvalue weighted by molar-refractivity contribution is 7.80. The first-order chi connectivity index (χ1) is 6.27. The lowest BCUT2D eigenvalue weighted by Gasteiger charge is -2.04. The highest BCUT2D eigenvalue weighted by Crippen LogP contribution is 2.17. The standard InChI is InChI=1S/C11H17NS/c1-3-7-12-10-6-5-9(4-2)8-11(10)13/h5-6,8,12-13H,3-4,7H2,1-2H3/p+1. The van der Waals surface area contributed by atoms with Crippen molar-refractivity contribution in [3.8, 4) is 0 Å². The van der Waals surface area contributed by atoms with Crippen LogP contribution in [0.4, 0.5) is 5.69 Å². The zero-order chi connectivity index (χ0) is 9.68. The zero-order valence-electron chi connectivity index (χ0n) is 8.38. The van der Waals surface area contributed by atoms with Crippen LogP contribution in [0, 0.1) is 0 Å². The van der Waals surface area contributed by atoms with Crippen LogP contribution in [0.2, 0.25) is 0 Å². The lowest BCUT2D eigenvalue weighted by Crippen LogP contribution is -2.78. The van der Waals surface area contributed by atoms with Crippen LogP contribution in [0.3, 0.4) is 0 Å². The molecule has 0 heterocycles. The van der Waals surface area contributed by atoms with E-state index in [1.54, 1.807) is 0 Å². The van der Waals surface area contributed by atoms with Crippen molar-refractivity contribution in [2.75, 3.05) is 6.54 Å². The minimum Gasteiger partial charge on any atom is -0.313 e. The van der Waals surface area contributed by atoms with Crippen molar-refractivity contribution in [3.05, 3.63) is 23.8 Å². The van der Waals surface area contributed by atoms with Gasteiger partial charge in [-0.1, -0.05) is 19.9 Å². The molecular weight excluding hydrogens is 178 g/mol. The van der Waals surface area contributed by atoms with E-state index in [9.17, 15) is 0 Å². The van der Waals surface area contributed by atoms with Crippen molar-refractivity contribution in [2.24, 2.45) is 0 Å². The van der Waals surface area contributed by atoms with Gasteiger partial charge in [-0.05, 0) is 24.5 Å². The molecule has 0 aliphatic rings. The Labute approximate surface area is 86.0 Å². The summed E-state index contributed by atoms with van der Waals surface area (Å²) >= 11 is 4.46. The number of thiol groups is 1. The molecule has 0 amide bonds. The van der Waals surface area contributed by atoms with Gasteiger partial charge in [0, 0.05) is 6.07 Å². The number of nitrogens with two attached hydrogens (primary N) is 1. The van der Waals surface area contributed by atoms with Gasteiger partial charge in [0.05, 0.1) is 11.4 Å². The molecule has 0 fully saturated rings. The van der Waals surface area contributed by atoms with Crippen molar-refractivity contribution in [1.29, 1.82) is 0 Å². The maximum Gasteiger partial charge on any atom is 0.143 e. The van der Waals surface area contributed by atoms with Crippen molar-refractivity contribution in [3.63, 3.8) is 0 Å². The summed E-state index contributed by atoms with van der Waals surface area (Å²) in [4.78, 5) is 1.10. The van der Waals surface area contributed by atoms with E-state index in [2.05, 4.69) is 50.0 Å². The molecule has 0 aliphatic carbocycles. The highest BCUT2D eigenvalue weighted by atomic mass is 32.1. The van der Waals surface area contributed by atoms with Gasteiger partial charge in [-0.15, -0.1) is 12.6 Å². The maximum absolute atomic E-state index is 4.46. The molecule has 72 valence electrons. The average Bonchev–Trinajstić information content (AvgIpc) is 2.16. The quantitative estimate of drug-likeness (QED) is 0.542. The Morgan fingerprint density at radius 3 is 2.62 bits per heavy atom. The molecule has 0 spiro atoms. The lowest BCUT2D eigenvalue weighted by atomic mass is 10.1. The predicted octanol–water partition coefficient (Wildman–Crippen LogP) is 2.14. The van der Waals surface area contributed by atoms with Crippen LogP contribution in [-0.2, 0) is 6.42 Å². The number of aryl methyl sites for hydroxylation is 1. The molecule has 1 rings (SSSR count). The first-order valence-corrected chi connectivity index (χ1v) is 5.37. The summed E-state index contributed by atoms with van der Waals surface area (Å²) in [5.74, 6) is 0. The van der Waals surface area contributed by atoms with Gasteiger partial charge in [0.2, 0.25) is 0 Å². The summed E-state index contributed by atoms with van der Waals surface area (Å²) in [6.07, 6.45) is 2.28. The van der Waals surface area contributed by atoms with Gasteiger partial charge in [-0.2, -0.15) is 0 Å². The Bertz CT molecular complexity index is 271. The average molecular weight is 196 g/mol. The van der Waals surface area contributed by atoms with Gasteiger partial charge in [0.25, 0.3) is 0 Å². The zero-order valence-corrected chi connectivity index (χ0v) is 9.27. The molecule has 0 bridgehead atoms. The first kappa shape index (κ1) is 10.6. The minimum atomic E-state index is 1.08. The second kappa shape index (κ2) is 5.30. The van der Waals surface area contributed by atoms with Gasteiger partial charge >= 0.3 is 0 Å². The molecule has 13 heavy (non-hydrogen) atoms. The number of benzene rings is 1. The smallest absolute Gasteiger partial charge is 0.143 e. The van der Waals surface area contributed by atoms with E-state index >= 15 is 0 Å². The summed E-state index contributed by atoms with van der Waals surface area (Å²) in [5, 5.41) is 2.25. The van der Waals surface area contributed by atoms with E-state index in [0.29, 0.717) is 0 Å². The third kappa shape index (κ3) is 3.05. The lowest BCUT2D eigenvalue weighted by molar-refractivity contribution is -0.573. The molecule has 0 aliphatic heterocycles. The van der Waals surface area contributed by atoms with Crippen molar-refractivity contribution >= 4 is 18.3 Å². The number of rotatable bonds is 4. The van der Waals surface area contributed by atoms with E-state index in [1.165, 1.54) is 17.7 Å². The topological polar surface area (TPSA) is 16.6 Å². The van der Waals surface area contributed by atoms with Crippen LogP contribution < -0.4 is 5.32 Å². The van der Waals surface area contributed by atoms with Gasteiger partial charge in [-0.3, -0.25) is 0 Å². The Hall–Kier alpha value is -0.470. The number of hydrogen-bond acceptors (Lipinski definition) is 1. The predicted molar refractivity (Wildman–Crippen MR) is 59.8 cm³/mol. The molecule has 1 aromatic rings. The van der Waals surface area contributed by atoms with Crippen molar-refractivity contribution in [2.45, 2.75) is 31.6 Å². The molecule has 1 aromatic carbocycles. The van der Waals surface area contributed by atoms with Crippen LogP contribution in [0.1, 0.15) is 25.8 Å². The molecule has 0 aromatic heterocycles. The van der Waals surface area contributed by atoms with Gasteiger partial charge in [-0.25, -0.2) is 0 Å². The fourth-order valence-electron chi connectivity index (χ4n) is 1.28. The summed E-state index contributed by atoms with van der Waals surface area (Å²) in [6.45, 7) is 5.49. The molecule has 0 unspecified atom stereocenters. The molecule has 1 nitrogen and oxygen atoms in total. The Balaban J connectivity index is 2.73. The van der Waals surface area contributed by atoms with Crippen molar-refractivity contribution in [1.82, 2.24) is 0 Å². The summed E-state index contributed by atoms with van der Waals surface area (Å²) < 4.78 is 0. The third-order valence-electron chi connectivity index (χ3n) is 2.16. The first-order valence-electron chi connectivity index (χ1n) is 4.93. The van der Waals surface area contributed by atoms with Gasteiger partial charge in [0.15, 0.2) is 0 Å². The molecule has 0 radical (unpaired) electrons. The molecule has 2 N–H and O–H groups in total. The SMILES string of the molecule is CCC[NH2+]c1ccc(CC)cc1S. The summed E-state index contributed by atoms with van der Waals surface area (Å²) in [6, 6.07) is 6.50. The van der Waals surface area contributed by atoms with E-state index in [4.69, 9.17) is 0 Å². The van der Waals surface area contributed by atoms with Gasteiger partial charge < -0.3 is 5.32 Å². The van der Waals surface area contributed by atoms with Crippen LogP contribution in [-0.4, -0.2) is 6.54 Å². The second-order valence-corrected chi connectivity index (χ2v) is 3.72. The Kier molecular flexibility index (Phi) is 4.33.